The first kappa shape index (κ1) is 13.7. The largest absolute Gasteiger partial charge is 0.310 e. The van der Waals surface area contributed by atoms with Crippen molar-refractivity contribution in [3.63, 3.8) is 0 Å². The number of thioether (sulfide) groups is 1. The molecule has 0 spiro atoms. The first-order chi connectivity index (χ1) is 9.83. The van der Waals surface area contributed by atoms with Crippen LogP contribution >= 0.6 is 11.8 Å². The number of hydrogen-bond donors (Lipinski definition) is 1. The molecule has 2 atom stereocenters. The van der Waals surface area contributed by atoms with Crippen molar-refractivity contribution in [2.75, 3.05) is 18.1 Å². The van der Waals surface area contributed by atoms with E-state index < -0.39 is 0 Å². The van der Waals surface area contributed by atoms with Gasteiger partial charge < -0.3 is 9.88 Å². The summed E-state index contributed by atoms with van der Waals surface area (Å²) in [6.07, 6.45) is 6.96. The van der Waals surface area contributed by atoms with Gasteiger partial charge in [0.05, 0.1) is 6.33 Å². The molecular weight excluding hydrogens is 266 g/mol. The Labute approximate surface area is 124 Å². The molecule has 1 aliphatic rings. The highest BCUT2D eigenvalue weighted by atomic mass is 32.2. The van der Waals surface area contributed by atoms with Gasteiger partial charge in [-0.15, -0.1) is 0 Å². The second-order valence-electron chi connectivity index (χ2n) is 5.42. The van der Waals surface area contributed by atoms with Crippen molar-refractivity contribution >= 4 is 11.8 Å². The molecule has 0 amide bonds. The van der Waals surface area contributed by atoms with Crippen molar-refractivity contribution in [1.29, 1.82) is 0 Å². The van der Waals surface area contributed by atoms with E-state index in [4.69, 9.17) is 0 Å². The van der Waals surface area contributed by atoms with Crippen molar-refractivity contribution < 1.29 is 0 Å². The Morgan fingerprint density at radius 3 is 2.90 bits per heavy atom. The maximum absolute atomic E-state index is 4.08. The van der Waals surface area contributed by atoms with Crippen LogP contribution in [-0.2, 0) is 0 Å². The van der Waals surface area contributed by atoms with Crippen LogP contribution < -0.4 is 5.32 Å². The van der Waals surface area contributed by atoms with E-state index >= 15 is 0 Å². The highest BCUT2D eigenvalue weighted by molar-refractivity contribution is 7.99. The maximum atomic E-state index is 4.08. The van der Waals surface area contributed by atoms with Crippen LogP contribution in [0.25, 0.3) is 5.69 Å². The molecule has 1 N–H and O–H groups in total. The van der Waals surface area contributed by atoms with Gasteiger partial charge in [-0.1, -0.05) is 12.1 Å². The molecule has 1 fully saturated rings. The van der Waals surface area contributed by atoms with Gasteiger partial charge >= 0.3 is 0 Å². The quantitative estimate of drug-likeness (QED) is 0.915. The summed E-state index contributed by atoms with van der Waals surface area (Å²) in [6.45, 7) is 3.38. The van der Waals surface area contributed by atoms with Crippen LogP contribution in [0.4, 0.5) is 0 Å². The highest BCUT2D eigenvalue weighted by Crippen LogP contribution is 2.23. The van der Waals surface area contributed by atoms with E-state index in [2.05, 4.69) is 53.3 Å². The van der Waals surface area contributed by atoms with Gasteiger partial charge in [0.1, 0.15) is 0 Å². The predicted octanol–water partition coefficient (Wildman–Crippen LogP) is 3.28. The summed E-state index contributed by atoms with van der Waals surface area (Å²) in [6, 6.07) is 9.13. The SMILES string of the molecule is CC(NCC1CCSC1)c1ccc(-n2ccnc2)cc1. The summed E-state index contributed by atoms with van der Waals surface area (Å²) in [5.41, 5.74) is 2.50. The van der Waals surface area contributed by atoms with E-state index in [9.17, 15) is 0 Å². The van der Waals surface area contributed by atoms with E-state index in [0.717, 1.165) is 18.2 Å². The van der Waals surface area contributed by atoms with Crippen LogP contribution in [0.5, 0.6) is 0 Å². The zero-order valence-corrected chi connectivity index (χ0v) is 12.6. The molecule has 20 heavy (non-hydrogen) atoms. The van der Waals surface area contributed by atoms with Crippen molar-refractivity contribution in [3.05, 3.63) is 48.5 Å². The molecule has 2 heterocycles. The number of imidazole rings is 1. The van der Waals surface area contributed by atoms with Crippen LogP contribution in [0.15, 0.2) is 43.0 Å². The Bertz CT molecular complexity index is 515. The second-order valence-corrected chi connectivity index (χ2v) is 6.57. The second kappa shape index (κ2) is 6.46. The lowest BCUT2D eigenvalue weighted by molar-refractivity contribution is 0.477. The third-order valence-electron chi connectivity index (χ3n) is 3.93. The zero-order valence-electron chi connectivity index (χ0n) is 11.8. The van der Waals surface area contributed by atoms with Gasteiger partial charge in [-0.25, -0.2) is 4.98 Å². The Balaban J connectivity index is 1.59. The van der Waals surface area contributed by atoms with E-state index in [1.165, 1.54) is 23.5 Å². The zero-order chi connectivity index (χ0) is 13.8. The van der Waals surface area contributed by atoms with Crippen LogP contribution in [0.1, 0.15) is 24.9 Å². The van der Waals surface area contributed by atoms with Crippen molar-refractivity contribution in [2.24, 2.45) is 5.92 Å². The molecular formula is C16H21N3S. The minimum absolute atomic E-state index is 0.414. The number of rotatable bonds is 5. The number of hydrogen-bond acceptors (Lipinski definition) is 3. The third-order valence-corrected chi connectivity index (χ3v) is 5.16. The van der Waals surface area contributed by atoms with Gasteiger partial charge in [0.25, 0.3) is 0 Å². The van der Waals surface area contributed by atoms with Gasteiger partial charge in [-0.3, -0.25) is 0 Å². The van der Waals surface area contributed by atoms with Gasteiger partial charge in [-0.05, 0) is 55.0 Å². The summed E-state index contributed by atoms with van der Waals surface area (Å²) in [5, 5.41) is 3.66. The minimum Gasteiger partial charge on any atom is -0.310 e. The third kappa shape index (κ3) is 3.25. The van der Waals surface area contributed by atoms with Crippen LogP contribution in [0, 0.1) is 5.92 Å². The fourth-order valence-electron chi connectivity index (χ4n) is 2.55. The van der Waals surface area contributed by atoms with Crippen LogP contribution in [-0.4, -0.2) is 27.6 Å². The molecule has 1 aromatic carbocycles. The molecule has 0 aliphatic carbocycles. The summed E-state index contributed by atoms with van der Waals surface area (Å²) < 4.78 is 2.03. The van der Waals surface area contributed by atoms with Crippen molar-refractivity contribution in [1.82, 2.24) is 14.9 Å². The lowest BCUT2D eigenvalue weighted by Crippen LogP contribution is -2.25. The Kier molecular flexibility index (Phi) is 4.43. The monoisotopic (exact) mass is 287 g/mol. The molecule has 2 aromatic rings. The summed E-state index contributed by atoms with van der Waals surface area (Å²) in [4.78, 5) is 4.08. The van der Waals surface area contributed by atoms with Gasteiger partial charge in [0.2, 0.25) is 0 Å². The van der Waals surface area contributed by atoms with Crippen molar-refractivity contribution in [2.45, 2.75) is 19.4 Å². The molecule has 1 saturated heterocycles. The molecule has 106 valence electrons. The highest BCUT2D eigenvalue weighted by Gasteiger charge is 2.16. The first-order valence-electron chi connectivity index (χ1n) is 7.22. The molecule has 0 saturated carbocycles. The van der Waals surface area contributed by atoms with Crippen LogP contribution in [0.3, 0.4) is 0 Å². The number of aromatic nitrogens is 2. The standard InChI is InChI=1S/C16H21N3S/c1-13(18-10-14-6-9-20-11-14)15-2-4-16(5-3-15)19-8-7-17-12-19/h2-5,7-8,12-14,18H,6,9-11H2,1H3. The maximum Gasteiger partial charge on any atom is 0.0991 e. The summed E-state index contributed by atoms with van der Waals surface area (Å²) in [5.74, 6) is 3.51. The van der Waals surface area contributed by atoms with Gasteiger partial charge in [0, 0.05) is 24.1 Å². The average Bonchev–Trinajstić information content (AvgIpc) is 3.18. The molecule has 3 nitrogen and oxygen atoms in total. The average molecular weight is 287 g/mol. The Morgan fingerprint density at radius 2 is 2.25 bits per heavy atom. The number of nitrogens with zero attached hydrogens (tertiary/aromatic N) is 2. The van der Waals surface area contributed by atoms with E-state index in [1.54, 1.807) is 6.20 Å². The fourth-order valence-corrected chi connectivity index (χ4v) is 3.84. The molecule has 2 unspecified atom stereocenters. The minimum atomic E-state index is 0.414. The Morgan fingerprint density at radius 1 is 1.40 bits per heavy atom. The molecule has 1 aliphatic heterocycles. The topological polar surface area (TPSA) is 29.9 Å². The first-order valence-corrected chi connectivity index (χ1v) is 8.38. The normalized spacial score (nSPS) is 20.1. The van der Waals surface area contributed by atoms with E-state index in [0.29, 0.717) is 6.04 Å². The van der Waals surface area contributed by atoms with E-state index in [1.807, 2.05) is 17.1 Å². The van der Waals surface area contributed by atoms with Gasteiger partial charge in [-0.2, -0.15) is 11.8 Å². The van der Waals surface area contributed by atoms with Crippen LogP contribution in [0.2, 0.25) is 0 Å². The number of benzene rings is 1. The van der Waals surface area contributed by atoms with Crippen molar-refractivity contribution in [3.8, 4) is 5.69 Å². The smallest absolute Gasteiger partial charge is 0.0991 e. The lowest BCUT2D eigenvalue weighted by Gasteiger charge is -2.17. The fraction of sp³-hybridized carbons (Fsp3) is 0.438. The molecule has 1 aromatic heterocycles. The molecule has 3 rings (SSSR count). The lowest BCUT2D eigenvalue weighted by atomic mass is 10.1. The molecule has 0 bridgehead atoms. The predicted molar refractivity (Wildman–Crippen MR) is 85.4 cm³/mol. The van der Waals surface area contributed by atoms with Gasteiger partial charge in [0.15, 0.2) is 0 Å². The molecule has 4 heteroatoms. The molecule has 0 radical (unpaired) electrons. The number of nitrogens with one attached hydrogen (secondary N) is 1. The Hall–Kier alpha value is -1.26. The van der Waals surface area contributed by atoms with E-state index in [-0.39, 0.29) is 0 Å². The summed E-state index contributed by atoms with van der Waals surface area (Å²) >= 11 is 2.08. The summed E-state index contributed by atoms with van der Waals surface area (Å²) in [7, 11) is 0.